The summed E-state index contributed by atoms with van der Waals surface area (Å²) in [6.07, 6.45) is 5.88. The molecule has 4 nitrogen and oxygen atoms in total. The topological polar surface area (TPSA) is 54.9 Å². The van der Waals surface area contributed by atoms with Crippen molar-refractivity contribution < 1.29 is 13.6 Å². The van der Waals surface area contributed by atoms with Crippen molar-refractivity contribution in [2.45, 2.75) is 66.2 Å². The normalized spacial score (nSPS) is 20.8. The van der Waals surface area contributed by atoms with Gasteiger partial charge in [0.2, 0.25) is 0 Å². The number of aromatic nitrogens is 2. The Labute approximate surface area is 217 Å². The summed E-state index contributed by atoms with van der Waals surface area (Å²) < 4.78 is 29.9. The molecule has 0 radical (unpaired) electrons. The van der Waals surface area contributed by atoms with Gasteiger partial charge < -0.3 is 5.32 Å². The Balaban J connectivity index is 1.74. The monoisotopic (exact) mass is 501 g/mol. The van der Waals surface area contributed by atoms with Crippen LogP contribution in [0.4, 0.5) is 14.6 Å². The molecule has 0 spiro atoms. The number of pyridine rings is 2. The number of anilines is 1. The van der Waals surface area contributed by atoms with Crippen molar-refractivity contribution in [2.75, 3.05) is 5.32 Å². The molecule has 0 saturated heterocycles. The Bertz CT molecular complexity index is 1450. The molecule has 1 aliphatic carbocycles. The summed E-state index contributed by atoms with van der Waals surface area (Å²) in [4.78, 5) is 22.1. The van der Waals surface area contributed by atoms with Gasteiger partial charge in [-0.15, -0.1) is 0 Å². The summed E-state index contributed by atoms with van der Waals surface area (Å²) in [5.74, 6) is -0.284. The van der Waals surface area contributed by atoms with Crippen LogP contribution in [-0.2, 0) is 16.6 Å². The number of nitrogens with zero attached hydrogens (tertiary/aromatic N) is 2. The van der Waals surface area contributed by atoms with Crippen molar-refractivity contribution in [3.63, 3.8) is 0 Å². The molecule has 3 heterocycles. The molecule has 0 saturated carbocycles. The molecular formula is C31H33F2N3O. The molecule has 5 rings (SSSR count). The first-order valence-corrected chi connectivity index (χ1v) is 12.7. The molecule has 37 heavy (non-hydrogen) atoms. The first kappa shape index (κ1) is 25.2. The second-order valence-corrected chi connectivity index (χ2v) is 12.6. The summed E-state index contributed by atoms with van der Waals surface area (Å²) in [5, 5.41) is 3.34. The molecule has 0 fully saturated rings. The number of ketones is 1. The minimum Gasteiger partial charge on any atom is -0.343 e. The van der Waals surface area contributed by atoms with E-state index in [-0.39, 0.29) is 16.6 Å². The van der Waals surface area contributed by atoms with Gasteiger partial charge in [0, 0.05) is 35.0 Å². The van der Waals surface area contributed by atoms with Gasteiger partial charge in [-0.1, -0.05) is 52.8 Å². The number of fused-ring (bicyclic) bond motifs is 1. The number of halogens is 2. The summed E-state index contributed by atoms with van der Waals surface area (Å²) in [5.41, 5.74) is 3.65. The lowest BCUT2D eigenvalue weighted by Crippen LogP contribution is -2.42. The minimum atomic E-state index is -0.956. The Morgan fingerprint density at radius 3 is 2.51 bits per heavy atom. The SMILES string of the molecule is CC(C)(C)Cc1cncc(F)c1-c1cccc([C@]2(C)C3=C(CC(C)(C)CC3=O)Nc3ncc(F)cc32)c1. The average molecular weight is 502 g/mol. The number of carbonyl (C=O) groups is 1. The van der Waals surface area contributed by atoms with E-state index in [4.69, 9.17) is 0 Å². The highest BCUT2D eigenvalue weighted by atomic mass is 19.1. The van der Waals surface area contributed by atoms with Gasteiger partial charge in [-0.2, -0.15) is 0 Å². The lowest BCUT2D eigenvalue weighted by atomic mass is 9.61. The van der Waals surface area contributed by atoms with E-state index >= 15 is 4.39 Å². The molecule has 1 N–H and O–H groups in total. The zero-order chi connectivity index (χ0) is 26.8. The zero-order valence-electron chi connectivity index (χ0n) is 22.3. The van der Waals surface area contributed by atoms with Crippen LogP contribution in [0.2, 0.25) is 0 Å². The van der Waals surface area contributed by atoms with E-state index in [1.54, 1.807) is 6.20 Å². The maximum Gasteiger partial charge on any atom is 0.162 e. The lowest BCUT2D eigenvalue weighted by molar-refractivity contribution is -0.118. The maximum atomic E-state index is 15.3. The van der Waals surface area contributed by atoms with E-state index in [9.17, 15) is 9.18 Å². The van der Waals surface area contributed by atoms with Crippen LogP contribution in [0.25, 0.3) is 11.1 Å². The Hall–Kier alpha value is -3.41. The molecule has 0 unspecified atom stereocenters. The van der Waals surface area contributed by atoms with Crippen molar-refractivity contribution in [3.05, 3.63) is 88.5 Å². The number of nitrogens with one attached hydrogen (secondary N) is 1. The van der Waals surface area contributed by atoms with Crippen LogP contribution in [-0.4, -0.2) is 15.8 Å². The fourth-order valence-corrected chi connectivity index (χ4v) is 6.00. The number of hydrogen-bond donors (Lipinski definition) is 1. The van der Waals surface area contributed by atoms with Crippen LogP contribution in [0.1, 0.15) is 71.1 Å². The number of allylic oxidation sites excluding steroid dienone is 2. The van der Waals surface area contributed by atoms with Crippen LogP contribution in [0.15, 0.2) is 60.2 Å². The van der Waals surface area contributed by atoms with E-state index in [0.29, 0.717) is 47.3 Å². The third-order valence-electron chi connectivity index (χ3n) is 7.46. The fraction of sp³-hybridized carbons (Fsp3) is 0.387. The molecule has 6 heteroatoms. The van der Waals surface area contributed by atoms with Crippen molar-refractivity contribution in [3.8, 4) is 11.1 Å². The first-order valence-electron chi connectivity index (χ1n) is 12.7. The van der Waals surface area contributed by atoms with Gasteiger partial charge in [-0.25, -0.2) is 13.8 Å². The smallest absolute Gasteiger partial charge is 0.162 e. The summed E-state index contributed by atoms with van der Waals surface area (Å²) >= 11 is 0. The quantitative estimate of drug-likeness (QED) is 0.407. The Morgan fingerprint density at radius 1 is 1.03 bits per heavy atom. The Kier molecular flexibility index (Phi) is 5.85. The van der Waals surface area contributed by atoms with E-state index in [1.165, 1.54) is 18.5 Å². The molecule has 3 aromatic rings. The number of rotatable bonds is 3. The van der Waals surface area contributed by atoms with Crippen LogP contribution in [0, 0.1) is 22.5 Å². The van der Waals surface area contributed by atoms with Crippen molar-refractivity contribution in [1.82, 2.24) is 9.97 Å². The van der Waals surface area contributed by atoms with Crippen molar-refractivity contribution >= 4 is 11.6 Å². The average Bonchev–Trinajstić information content (AvgIpc) is 2.77. The number of benzene rings is 1. The van der Waals surface area contributed by atoms with Gasteiger partial charge in [0.1, 0.15) is 17.5 Å². The van der Waals surface area contributed by atoms with E-state index in [1.807, 2.05) is 31.2 Å². The van der Waals surface area contributed by atoms with Gasteiger partial charge >= 0.3 is 0 Å². The molecule has 0 amide bonds. The predicted octanol–water partition coefficient (Wildman–Crippen LogP) is 7.39. The summed E-state index contributed by atoms with van der Waals surface area (Å²) in [6, 6.07) is 9.08. The van der Waals surface area contributed by atoms with E-state index in [0.717, 1.165) is 16.8 Å². The molecule has 1 aromatic carbocycles. The van der Waals surface area contributed by atoms with Gasteiger partial charge in [0.05, 0.1) is 17.8 Å². The molecule has 1 aliphatic heterocycles. The van der Waals surface area contributed by atoms with Crippen molar-refractivity contribution in [1.29, 1.82) is 0 Å². The third kappa shape index (κ3) is 4.47. The predicted molar refractivity (Wildman–Crippen MR) is 142 cm³/mol. The van der Waals surface area contributed by atoms with Crippen LogP contribution >= 0.6 is 0 Å². The maximum absolute atomic E-state index is 15.3. The van der Waals surface area contributed by atoms with Crippen LogP contribution in [0.5, 0.6) is 0 Å². The largest absolute Gasteiger partial charge is 0.343 e. The fourth-order valence-electron chi connectivity index (χ4n) is 6.00. The molecule has 1 atom stereocenters. The molecular weight excluding hydrogens is 468 g/mol. The van der Waals surface area contributed by atoms with E-state index in [2.05, 4.69) is 49.9 Å². The van der Waals surface area contributed by atoms with Gasteiger partial charge in [-0.05, 0) is 59.4 Å². The van der Waals surface area contributed by atoms with Gasteiger partial charge in [-0.3, -0.25) is 9.78 Å². The highest BCUT2D eigenvalue weighted by Gasteiger charge is 2.48. The summed E-state index contributed by atoms with van der Waals surface area (Å²) in [7, 11) is 0. The first-order chi connectivity index (χ1) is 17.3. The van der Waals surface area contributed by atoms with Gasteiger partial charge in [0.25, 0.3) is 0 Å². The summed E-state index contributed by atoms with van der Waals surface area (Å²) in [6.45, 7) is 12.4. The lowest BCUT2D eigenvalue weighted by Gasteiger charge is -2.44. The molecule has 192 valence electrons. The number of Topliss-reactive ketones (excluding diaryl/α,β-unsaturated/α-hetero) is 1. The standard InChI is InChI=1S/C31H33F2N3O/c1-29(2,3)12-19-15-34-17-23(33)26(19)18-8-7-9-20(10-18)31(6)22-11-21(32)16-35-28(22)36-24-13-30(4,5)14-25(37)27(24)31/h7-11,15-17H,12-14H2,1-6H3,(H,35,36)/t31-/m0/s1. The third-order valence-corrected chi connectivity index (χ3v) is 7.46. The highest BCUT2D eigenvalue weighted by molar-refractivity contribution is 6.02. The van der Waals surface area contributed by atoms with Crippen LogP contribution < -0.4 is 5.32 Å². The zero-order valence-corrected chi connectivity index (χ0v) is 22.3. The molecule has 0 bridgehead atoms. The Morgan fingerprint density at radius 2 is 1.78 bits per heavy atom. The minimum absolute atomic E-state index is 0.0325. The van der Waals surface area contributed by atoms with Gasteiger partial charge in [0.15, 0.2) is 5.78 Å². The molecule has 2 aliphatic rings. The van der Waals surface area contributed by atoms with Crippen molar-refractivity contribution in [2.24, 2.45) is 10.8 Å². The second-order valence-electron chi connectivity index (χ2n) is 12.6. The number of carbonyl (C=O) groups excluding carboxylic acids is 1. The number of hydrogen-bond acceptors (Lipinski definition) is 4. The molecule has 2 aromatic heterocycles. The second kappa shape index (κ2) is 8.57. The van der Waals surface area contributed by atoms with Crippen LogP contribution in [0.3, 0.4) is 0 Å². The highest BCUT2D eigenvalue weighted by Crippen LogP contribution is 2.52. The van der Waals surface area contributed by atoms with E-state index < -0.39 is 17.0 Å².